The zero-order chi connectivity index (χ0) is 46.4. The van der Waals surface area contributed by atoms with Crippen molar-refractivity contribution >= 4 is 13.7 Å². The molecule has 3 N–H and O–H groups in total. The summed E-state index contributed by atoms with van der Waals surface area (Å²) in [5.41, 5.74) is 0. The van der Waals surface area contributed by atoms with E-state index in [0.29, 0.717) is 17.4 Å². The Labute approximate surface area is 391 Å². The van der Waals surface area contributed by atoms with E-state index in [2.05, 4.69) is 43.5 Å². The maximum absolute atomic E-state index is 12.9. The average Bonchev–Trinajstić information content (AvgIpc) is 3.24. The van der Waals surface area contributed by atoms with E-state index in [1.165, 1.54) is 167 Å². The molecule has 3 atom stereocenters. The number of aliphatic hydroxyl groups excluding tert-OH is 1. The molecule has 0 aliphatic carbocycles. The minimum absolute atomic E-state index is 0.0587. The Bertz CT molecular complexity index is 1120. The maximum atomic E-state index is 12.9. The van der Waals surface area contributed by atoms with E-state index in [1.807, 2.05) is 27.2 Å². The molecule has 0 heterocycles. The molecule has 63 heavy (non-hydrogen) atoms. The molecule has 1 amide bonds. The Hall–Kier alpha value is -1.28. The van der Waals surface area contributed by atoms with Gasteiger partial charge in [-0.3, -0.25) is 13.8 Å². The van der Waals surface area contributed by atoms with Crippen molar-refractivity contribution < 1.29 is 32.9 Å². The van der Waals surface area contributed by atoms with Crippen LogP contribution in [0.3, 0.4) is 0 Å². The number of nitrogens with zero attached hydrogens (tertiary/aromatic N) is 1. The van der Waals surface area contributed by atoms with Gasteiger partial charge in [0.05, 0.1) is 39.9 Å². The summed E-state index contributed by atoms with van der Waals surface area (Å²) >= 11 is 0. The molecule has 0 rings (SSSR count). The lowest BCUT2D eigenvalue weighted by Gasteiger charge is -2.25. The number of allylic oxidation sites excluding steroid dienone is 5. The van der Waals surface area contributed by atoms with Crippen LogP contribution in [-0.4, -0.2) is 73.4 Å². The summed E-state index contributed by atoms with van der Waals surface area (Å²) < 4.78 is 23.6. The number of carbonyl (C=O) groups excluding carboxylic acids is 1. The molecule has 0 aliphatic rings. The van der Waals surface area contributed by atoms with E-state index in [9.17, 15) is 19.4 Å². The third kappa shape index (κ3) is 48.5. The van der Waals surface area contributed by atoms with E-state index in [0.717, 1.165) is 64.2 Å². The van der Waals surface area contributed by atoms with Gasteiger partial charge in [-0.2, -0.15) is 0 Å². The largest absolute Gasteiger partial charge is 0.472 e. The molecule has 9 heteroatoms. The van der Waals surface area contributed by atoms with E-state index in [-0.39, 0.29) is 19.1 Å². The molecule has 0 fully saturated rings. The van der Waals surface area contributed by atoms with Crippen molar-refractivity contribution in [2.75, 3.05) is 40.9 Å². The number of amides is 1. The number of phosphoric ester groups is 1. The zero-order valence-electron chi connectivity index (χ0n) is 42.3. The van der Waals surface area contributed by atoms with Gasteiger partial charge in [0.1, 0.15) is 13.2 Å². The van der Waals surface area contributed by atoms with Gasteiger partial charge in [-0.25, -0.2) is 4.57 Å². The predicted molar refractivity (Wildman–Crippen MR) is 272 cm³/mol. The molecular weight excluding hydrogens is 804 g/mol. The second kappa shape index (κ2) is 45.9. The number of quaternary nitrogens is 1. The van der Waals surface area contributed by atoms with Crippen LogP contribution in [-0.2, 0) is 18.4 Å². The fourth-order valence-corrected chi connectivity index (χ4v) is 8.57. The molecule has 0 saturated carbocycles. The van der Waals surface area contributed by atoms with Gasteiger partial charge in [-0.05, 0) is 51.4 Å². The normalized spacial score (nSPS) is 14.3. The van der Waals surface area contributed by atoms with Crippen molar-refractivity contribution in [2.45, 2.75) is 264 Å². The smallest absolute Gasteiger partial charge is 0.387 e. The van der Waals surface area contributed by atoms with Gasteiger partial charge >= 0.3 is 7.82 Å². The Morgan fingerprint density at radius 3 is 1.33 bits per heavy atom. The lowest BCUT2D eigenvalue weighted by molar-refractivity contribution is -0.870. The maximum Gasteiger partial charge on any atom is 0.472 e. The first-order valence-corrected chi connectivity index (χ1v) is 28.4. The van der Waals surface area contributed by atoms with Crippen molar-refractivity contribution in [1.29, 1.82) is 0 Å². The molecule has 0 aliphatic heterocycles. The number of likely N-dealkylation sites (N-methyl/N-ethyl adjacent to an activating group) is 1. The van der Waals surface area contributed by atoms with E-state index in [1.54, 1.807) is 6.08 Å². The molecule has 0 bridgehead atoms. The molecule has 0 radical (unpaired) electrons. The SMILES string of the molecule is CCCCC/C=C\C/C=C\CCCCCCCC(=O)NC(COP(=O)(O)OCC[N+](C)(C)C)C(O)/C=C/CCCCCCCCCCCCCCCCCCCCCCCCCC. The topological polar surface area (TPSA) is 105 Å². The minimum atomic E-state index is -4.35. The Kier molecular flexibility index (Phi) is 44.9. The second-order valence-corrected chi connectivity index (χ2v) is 21.1. The Morgan fingerprint density at radius 2 is 0.905 bits per heavy atom. The van der Waals surface area contributed by atoms with Crippen LogP contribution < -0.4 is 5.32 Å². The fourth-order valence-electron chi connectivity index (χ4n) is 7.84. The fraction of sp³-hybridized carbons (Fsp3) is 0.870. The quantitative estimate of drug-likeness (QED) is 0.0243. The number of unbranched alkanes of at least 4 members (excludes halogenated alkanes) is 32. The van der Waals surface area contributed by atoms with Crippen molar-refractivity contribution in [3.8, 4) is 0 Å². The van der Waals surface area contributed by atoms with Gasteiger partial charge in [-0.15, -0.1) is 0 Å². The van der Waals surface area contributed by atoms with Crippen LogP contribution in [0.25, 0.3) is 0 Å². The van der Waals surface area contributed by atoms with Crippen LogP contribution in [0.5, 0.6) is 0 Å². The standard InChI is InChI=1S/C54H105N2O6P/c1-6-8-10-12-14-16-18-20-22-23-24-25-26-27-28-29-30-31-32-34-35-37-39-41-43-45-47-53(57)52(51-62-63(59,60)61-50-49-56(3,4)5)55-54(58)48-46-44-42-40-38-36-33-21-19-17-15-13-11-9-7-2/h15,17,21,33,45,47,52-53,57H,6-14,16,18-20,22-32,34-44,46,48-51H2,1-5H3,(H-,55,58,59,60)/p+1/b17-15-,33-21-,47-45+. The minimum Gasteiger partial charge on any atom is -0.387 e. The van der Waals surface area contributed by atoms with Gasteiger partial charge in [-0.1, -0.05) is 230 Å². The van der Waals surface area contributed by atoms with E-state index < -0.39 is 20.0 Å². The highest BCUT2D eigenvalue weighted by atomic mass is 31.2. The lowest BCUT2D eigenvalue weighted by atomic mass is 10.0. The molecule has 8 nitrogen and oxygen atoms in total. The second-order valence-electron chi connectivity index (χ2n) is 19.6. The number of carbonyl (C=O) groups is 1. The van der Waals surface area contributed by atoms with Crippen molar-refractivity contribution in [1.82, 2.24) is 5.32 Å². The van der Waals surface area contributed by atoms with Crippen LogP contribution in [0.2, 0.25) is 0 Å². The van der Waals surface area contributed by atoms with Crippen molar-refractivity contribution in [3.05, 3.63) is 36.5 Å². The van der Waals surface area contributed by atoms with Crippen molar-refractivity contribution in [2.24, 2.45) is 0 Å². The first kappa shape index (κ1) is 61.7. The van der Waals surface area contributed by atoms with Crippen LogP contribution in [0.4, 0.5) is 0 Å². The average molecular weight is 910 g/mol. The van der Waals surface area contributed by atoms with Gasteiger partial charge in [0.2, 0.25) is 5.91 Å². The third-order valence-corrected chi connectivity index (χ3v) is 13.1. The molecule has 0 aromatic rings. The zero-order valence-corrected chi connectivity index (χ0v) is 43.2. The van der Waals surface area contributed by atoms with Gasteiger partial charge in [0, 0.05) is 6.42 Å². The molecule has 3 unspecified atom stereocenters. The van der Waals surface area contributed by atoms with Crippen LogP contribution in [0, 0.1) is 0 Å². The van der Waals surface area contributed by atoms with Crippen LogP contribution >= 0.6 is 7.82 Å². The Morgan fingerprint density at radius 1 is 0.540 bits per heavy atom. The summed E-state index contributed by atoms with van der Waals surface area (Å²) in [6, 6.07) is -0.853. The van der Waals surface area contributed by atoms with E-state index in [4.69, 9.17) is 9.05 Å². The highest BCUT2D eigenvalue weighted by molar-refractivity contribution is 7.47. The first-order valence-electron chi connectivity index (χ1n) is 26.9. The summed E-state index contributed by atoms with van der Waals surface area (Å²) in [5, 5.41) is 13.9. The molecule has 0 saturated heterocycles. The summed E-state index contributed by atoms with van der Waals surface area (Å²) in [6.45, 7) is 4.80. The molecule has 0 aromatic carbocycles. The number of nitrogens with one attached hydrogen (secondary N) is 1. The van der Waals surface area contributed by atoms with Crippen molar-refractivity contribution in [3.63, 3.8) is 0 Å². The van der Waals surface area contributed by atoms with E-state index >= 15 is 0 Å². The third-order valence-electron chi connectivity index (χ3n) is 12.1. The number of aliphatic hydroxyl groups is 1. The molecule has 372 valence electrons. The molecule has 0 spiro atoms. The highest BCUT2D eigenvalue weighted by Gasteiger charge is 2.27. The summed E-state index contributed by atoms with van der Waals surface area (Å²) in [5.74, 6) is -0.189. The molecular formula is C54H106N2O6P+. The monoisotopic (exact) mass is 910 g/mol. The summed E-state index contributed by atoms with van der Waals surface area (Å²) in [7, 11) is 1.57. The first-order chi connectivity index (χ1) is 30.5. The van der Waals surface area contributed by atoms with Gasteiger partial charge < -0.3 is 19.8 Å². The lowest BCUT2D eigenvalue weighted by Crippen LogP contribution is -2.45. The number of hydrogen-bond acceptors (Lipinski definition) is 5. The highest BCUT2D eigenvalue weighted by Crippen LogP contribution is 2.43. The number of rotatable bonds is 49. The molecule has 0 aromatic heterocycles. The summed E-state index contributed by atoms with van der Waals surface area (Å²) in [4.78, 5) is 23.2. The van der Waals surface area contributed by atoms with Gasteiger partial charge in [0.25, 0.3) is 0 Å². The van der Waals surface area contributed by atoms with Gasteiger partial charge in [0.15, 0.2) is 0 Å². The number of phosphoric acid groups is 1. The number of hydrogen-bond donors (Lipinski definition) is 3. The predicted octanol–water partition coefficient (Wildman–Crippen LogP) is 15.8. The Balaban J connectivity index is 4.22. The summed E-state index contributed by atoms with van der Waals surface area (Å²) in [6.07, 6.45) is 58.1. The van der Waals surface area contributed by atoms with Crippen LogP contribution in [0.1, 0.15) is 251 Å². The van der Waals surface area contributed by atoms with Crippen LogP contribution in [0.15, 0.2) is 36.5 Å².